The Morgan fingerprint density at radius 3 is 2.13 bits per heavy atom. The fraction of sp³-hybridized carbons (Fsp3) is 0.680. The number of benzene rings is 1. The predicted molar refractivity (Wildman–Crippen MR) is 119 cm³/mol. The van der Waals surface area contributed by atoms with Crippen LogP contribution in [0.5, 0.6) is 0 Å². The Bertz CT molecular complexity index is 1030. The van der Waals surface area contributed by atoms with Crippen LogP contribution in [0.3, 0.4) is 0 Å². The van der Waals surface area contributed by atoms with Crippen LogP contribution >= 0.6 is 0 Å². The maximum Gasteiger partial charge on any atom is 0.316 e. The number of nitrogens with one attached hydrogen (secondary N) is 1. The van der Waals surface area contributed by atoms with Crippen LogP contribution in [0.25, 0.3) is 11.0 Å². The third-order valence-electron chi connectivity index (χ3n) is 8.72. The minimum absolute atomic E-state index is 0.138. The number of rotatable bonds is 2. The zero-order chi connectivity index (χ0) is 20.2. The van der Waals surface area contributed by atoms with Crippen molar-refractivity contribution in [3.63, 3.8) is 0 Å². The van der Waals surface area contributed by atoms with Gasteiger partial charge in [-0.3, -0.25) is 19.1 Å². The van der Waals surface area contributed by atoms with Gasteiger partial charge in [0.15, 0.2) is 0 Å². The molecule has 2 aliphatic carbocycles. The number of H-pyrrole nitrogens is 1. The van der Waals surface area contributed by atoms with E-state index >= 15 is 0 Å². The van der Waals surface area contributed by atoms with Gasteiger partial charge in [0.25, 0.3) is 0 Å². The maximum atomic E-state index is 12.9. The summed E-state index contributed by atoms with van der Waals surface area (Å²) in [4.78, 5) is 31.0. The molecule has 3 heterocycles. The molecule has 6 rings (SSSR count). The van der Waals surface area contributed by atoms with Crippen molar-refractivity contribution in [2.24, 2.45) is 11.8 Å². The first-order valence-electron chi connectivity index (χ1n) is 12.2. The van der Waals surface area contributed by atoms with Crippen molar-refractivity contribution in [3.8, 4) is 0 Å². The van der Waals surface area contributed by atoms with E-state index < -0.39 is 5.56 Å². The molecule has 4 atom stereocenters. The number of piperidine rings is 2. The van der Waals surface area contributed by atoms with E-state index in [4.69, 9.17) is 0 Å². The predicted octanol–water partition coefficient (Wildman–Crippen LogP) is 4.22. The SMILES string of the molecule is O=c1[nH]c2ccccc2n(C2CC3CCCC(C2)N3C2CC3CCCC(C3)C2)c1=O. The van der Waals surface area contributed by atoms with E-state index in [-0.39, 0.29) is 11.6 Å². The van der Waals surface area contributed by atoms with E-state index in [0.717, 1.165) is 41.8 Å². The van der Waals surface area contributed by atoms with Crippen LogP contribution in [0.2, 0.25) is 0 Å². The molecule has 160 valence electrons. The second-order valence-electron chi connectivity index (χ2n) is 10.5. The molecular weight excluding hydrogens is 374 g/mol. The first-order valence-corrected chi connectivity index (χ1v) is 12.2. The van der Waals surface area contributed by atoms with Crippen molar-refractivity contribution in [1.29, 1.82) is 0 Å². The summed E-state index contributed by atoms with van der Waals surface area (Å²) in [5, 5.41) is 0. The van der Waals surface area contributed by atoms with Gasteiger partial charge in [-0.15, -0.1) is 0 Å². The third-order valence-corrected chi connectivity index (χ3v) is 8.72. The molecule has 4 unspecified atom stereocenters. The Hall–Kier alpha value is -1.88. The highest BCUT2D eigenvalue weighted by Gasteiger charge is 2.45. The van der Waals surface area contributed by atoms with Crippen molar-refractivity contribution in [1.82, 2.24) is 14.5 Å². The van der Waals surface area contributed by atoms with Gasteiger partial charge in [0.1, 0.15) is 0 Å². The molecule has 0 radical (unpaired) electrons. The molecule has 30 heavy (non-hydrogen) atoms. The highest BCUT2D eigenvalue weighted by molar-refractivity contribution is 5.74. The maximum absolute atomic E-state index is 12.9. The van der Waals surface area contributed by atoms with Crippen molar-refractivity contribution < 1.29 is 0 Å². The van der Waals surface area contributed by atoms with E-state index in [2.05, 4.69) is 9.88 Å². The number of nitrogens with zero attached hydrogens (tertiary/aromatic N) is 2. The normalized spacial score (nSPS) is 36.7. The summed E-state index contributed by atoms with van der Waals surface area (Å²) in [7, 11) is 0. The standard InChI is InChI=1S/C25H33N3O2/c29-24-25(30)28(23-10-2-1-9-22(23)26-24)21-14-18-7-4-8-19(15-21)27(18)20-12-16-5-3-6-17(11-16)13-20/h1-2,9-10,16-21H,3-8,11-15H2,(H,26,29). The molecule has 4 bridgehead atoms. The molecule has 1 N–H and O–H groups in total. The largest absolute Gasteiger partial charge is 0.316 e. The van der Waals surface area contributed by atoms with E-state index in [0.29, 0.717) is 12.1 Å². The number of para-hydroxylation sites is 2. The molecule has 5 heteroatoms. The molecule has 1 aromatic carbocycles. The highest BCUT2D eigenvalue weighted by Crippen LogP contribution is 2.47. The number of aromatic nitrogens is 2. The number of hydrogen-bond donors (Lipinski definition) is 1. The van der Waals surface area contributed by atoms with Crippen LogP contribution < -0.4 is 11.1 Å². The van der Waals surface area contributed by atoms with E-state index in [9.17, 15) is 9.59 Å². The quantitative estimate of drug-likeness (QED) is 0.759. The van der Waals surface area contributed by atoms with E-state index in [1.807, 2.05) is 28.8 Å². The molecule has 0 spiro atoms. The average molecular weight is 408 g/mol. The van der Waals surface area contributed by atoms with Crippen LogP contribution in [0.15, 0.2) is 33.9 Å². The summed E-state index contributed by atoms with van der Waals surface area (Å²) in [5.41, 5.74) is 0.791. The lowest BCUT2D eigenvalue weighted by atomic mass is 9.68. The van der Waals surface area contributed by atoms with Crippen molar-refractivity contribution in [2.45, 2.75) is 94.8 Å². The molecule has 2 saturated heterocycles. The molecule has 4 fully saturated rings. The molecule has 0 amide bonds. The van der Waals surface area contributed by atoms with Gasteiger partial charge in [0.2, 0.25) is 0 Å². The zero-order valence-electron chi connectivity index (χ0n) is 17.8. The van der Waals surface area contributed by atoms with Gasteiger partial charge in [0, 0.05) is 24.2 Å². The van der Waals surface area contributed by atoms with Gasteiger partial charge >= 0.3 is 11.1 Å². The number of hydrogen-bond acceptors (Lipinski definition) is 3. The molecule has 2 aromatic rings. The summed E-state index contributed by atoms with van der Waals surface area (Å²) in [6.07, 6.45) is 14.4. The molecule has 1 aromatic heterocycles. The minimum Gasteiger partial charge on any atom is -0.316 e. The fourth-order valence-electron chi connectivity index (χ4n) is 7.68. The highest BCUT2D eigenvalue weighted by atomic mass is 16.2. The van der Waals surface area contributed by atoms with Crippen molar-refractivity contribution >= 4 is 11.0 Å². The first kappa shape index (κ1) is 18.9. The average Bonchev–Trinajstić information content (AvgIpc) is 2.73. The smallest absolute Gasteiger partial charge is 0.316 e. The van der Waals surface area contributed by atoms with Gasteiger partial charge < -0.3 is 4.98 Å². The van der Waals surface area contributed by atoms with Crippen LogP contribution in [-0.4, -0.2) is 32.6 Å². The summed E-state index contributed by atoms with van der Waals surface area (Å²) < 4.78 is 1.84. The Kier molecular flexibility index (Phi) is 4.63. The van der Waals surface area contributed by atoms with Crippen LogP contribution in [0.4, 0.5) is 0 Å². The van der Waals surface area contributed by atoms with E-state index in [1.54, 1.807) is 0 Å². The lowest BCUT2D eigenvalue weighted by molar-refractivity contribution is -0.0486. The van der Waals surface area contributed by atoms with Gasteiger partial charge in [-0.2, -0.15) is 0 Å². The molecule has 4 aliphatic rings. The summed E-state index contributed by atoms with van der Waals surface area (Å²) in [5.74, 6) is 1.89. The monoisotopic (exact) mass is 407 g/mol. The Morgan fingerprint density at radius 2 is 1.40 bits per heavy atom. The van der Waals surface area contributed by atoms with Crippen molar-refractivity contribution in [3.05, 3.63) is 45.0 Å². The van der Waals surface area contributed by atoms with Gasteiger partial charge in [0.05, 0.1) is 11.0 Å². The third kappa shape index (κ3) is 3.08. The second-order valence-corrected chi connectivity index (χ2v) is 10.5. The lowest BCUT2D eigenvalue weighted by Crippen LogP contribution is -2.59. The zero-order valence-corrected chi connectivity index (χ0v) is 17.8. The molecule has 2 aliphatic heterocycles. The summed E-state index contributed by atoms with van der Waals surface area (Å²) in [6.45, 7) is 0. The number of fused-ring (bicyclic) bond motifs is 5. The first-order chi connectivity index (χ1) is 14.7. The summed E-state index contributed by atoms with van der Waals surface area (Å²) in [6, 6.07) is 9.79. The molecule has 5 nitrogen and oxygen atoms in total. The fourth-order valence-corrected chi connectivity index (χ4v) is 7.68. The second kappa shape index (κ2) is 7.37. The van der Waals surface area contributed by atoms with Crippen LogP contribution in [0.1, 0.15) is 76.7 Å². The minimum atomic E-state index is -0.485. The van der Waals surface area contributed by atoms with Crippen LogP contribution in [-0.2, 0) is 0 Å². The van der Waals surface area contributed by atoms with Gasteiger partial charge in [-0.1, -0.05) is 37.8 Å². The number of aromatic amines is 1. The topological polar surface area (TPSA) is 58.1 Å². The molecule has 2 saturated carbocycles. The lowest BCUT2D eigenvalue weighted by Gasteiger charge is -2.55. The Balaban J connectivity index is 1.33. The van der Waals surface area contributed by atoms with E-state index in [1.165, 1.54) is 57.8 Å². The van der Waals surface area contributed by atoms with Gasteiger partial charge in [-0.25, -0.2) is 0 Å². The van der Waals surface area contributed by atoms with Gasteiger partial charge in [-0.05, 0) is 68.9 Å². The van der Waals surface area contributed by atoms with Crippen LogP contribution in [0, 0.1) is 11.8 Å². The summed E-state index contributed by atoms with van der Waals surface area (Å²) >= 11 is 0. The molecular formula is C25H33N3O2. The Morgan fingerprint density at radius 1 is 0.733 bits per heavy atom. The Labute approximate surface area is 177 Å². The van der Waals surface area contributed by atoms with Crippen molar-refractivity contribution in [2.75, 3.05) is 0 Å².